The molecule has 1 saturated heterocycles. The zero-order valence-electron chi connectivity index (χ0n) is 16.6. The number of benzene rings is 1. The summed E-state index contributed by atoms with van der Waals surface area (Å²) in [5, 5.41) is 16.9. The number of pyridine rings is 1. The Bertz CT molecular complexity index is 888. The Balaban J connectivity index is 1.34. The van der Waals surface area contributed by atoms with Gasteiger partial charge in [-0.1, -0.05) is 35.9 Å². The molecule has 1 aromatic carbocycles. The first kappa shape index (κ1) is 21.1. The zero-order valence-corrected chi connectivity index (χ0v) is 17.4. The molecule has 2 aliphatic heterocycles. The predicted octanol–water partition coefficient (Wildman–Crippen LogP) is 2.10. The lowest BCUT2D eigenvalue weighted by atomic mass is 9.93. The lowest BCUT2D eigenvalue weighted by molar-refractivity contribution is 0.0237. The monoisotopic (exact) mass is 431 g/mol. The summed E-state index contributed by atoms with van der Waals surface area (Å²) in [7, 11) is 0. The Labute approximate surface area is 180 Å². The molecule has 2 aliphatic rings. The summed E-state index contributed by atoms with van der Waals surface area (Å²) in [6, 6.07) is 9.59. The van der Waals surface area contributed by atoms with Crippen LogP contribution in [-0.4, -0.2) is 54.0 Å². The molecule has 4 rings (SSSR count). The highest BCUT2D eigenvalue weighted by atomic mass is 35.5. The minimum absolute atomic E-state index is 0.0189. The molecule has 1 unspecified atom stereocenters. The van der Waals surface area contributed by atoms with Gasteiger partial charge >= 0.3 is 0 Å². The van der Waals surface area contributed by atoms with Crippen molar-refractivity contribution in [3.05, 3.63) is 58.2 Å². The summed E-state index contributed by atoms with van der Waals surface area (Å²) in [6.45, 7) is 2.13. The second-order valence-electron chi connectivity index (χ2n) is 7.67. The second-order valence-corrected chi connectivity index (χ2v) is 8.08. The third kappa shape index (κ3) is 5.10. The van der Waals surface area contributed by atoms with Crippen molar-refractivity contribution < 1.29 is 19.4 Å². The molecule has 7 nitrogen and oxygen atoms in total. The number of aromatic nitrogens is 1. The standard InChI is InChI=1S/C22H26ClN3O4/c23-18-12-25-21(30-16-5-7-29-8-6-16)10-17(18)22(28)26-13-20(27)19-9-14-3-1-2-4-15(14)11-24-19/h1-4,10,12,16,19-20,24,27H,5-9,11,13H2,(H,26,28)/t19-,20?/m0/s1. The highest BCUT2D eigenvalue weighted by molar-refractivity contribution is 6.33. The Morgan fingerprint density at radius 2 is 2.10 bits per heavy atom. The van der Waals surface area contributed by atoms with Gasteiger partial charge in [-0.15, -0.1) is 0 Å². The molecule has 2 aromatic rings. The van der Waals surface area contributed by atoms with Crippen LogP contribution in [0.5, 0.6) is 5.88 Å². The lowest BCUT2D eigenvalue weighted by Crippen LogP contribution is -2.49. The average Bonchev–Trinajstić information content (AvgIpc) is 2.79. The summed E-state index contributed by atoms with van der Waals surface area (Å²) < 4.78 is 11.2. The number of aliphatic hydroxyl groups excluding tert-OH is 1. The number of hydrogen-bond acceptors (Lipinski definition) is 6. The molecular formula is C22H26ClN3O4. The van der Waals surface area contributed by atoms with E-state index >= 15 is 0 Å². The van der Waals surface area contributed by atoms with Crippen LogP contribution in [0.25, 0.3) is 0 Å². The van der Waals surface area contributed by atoms with Gasteiger partial charge in [0.1, 0.15) is 6.10 Å². The van der Waals surface area contributed by atoms with E-state index in [1.807, 2.05) is 12.1 Å². The van der Waals surface area contributed by atoms with Crippen molar-refractivity contribution in [1.82, 2.24) is 15.6 Å². The summed E-state index contributed by atoms with van der Waals surface area (Å²) in [5.74, 6) is -0.00274. The normalized spacial score (nSPS) is 20.3. The minimum Gasteiger partial charge on any atom is -0.474 e. The molecule has 1 amide bonds. The van der Waals surface area contributed by atoms with Crippen LogP contribution in [0.1, 0.15) is 34.3 Å². The van der Waals surface area contributed by atoms with E-state index in [1.165, 1.54) is 17.3 Å². The van der Waals surface area contributed by atoms with Crippen LogP contribution >= 0.6 is 11.6 Å². The van der Waals surface area contributed by atoms with E-state index in [-0.39, 0.29) is 35.2 Å². The molecule has 0 bridgehead atoms. The molecule has 160 valence electrons. The van der Waals surface area contributed by atoms with Gasteiger partial charge in [0, 0.05) is 38.0 Å². The van der Waals surface area contributed by atoms with Gasteiger partial charge in [-0.3, -0.25) is 4.79 Å². The molecule has 3 heterocycles. The maximum atomic E-state index is 12.7. The summed E-state index contributed by atoms with van der Waals surface area (Å²) in [6.07, 6.45) is 3.00. The predicted molar refractivity (Wildman–Crippen MR) is 113 cm³/mol. The van der Waals surface area contributed by atoms with Crippen LogP contribution in [0.2, 0.25) is 5.02 Å². The number of amides is 1. The minimum atomic E-state index is -0.721. The molecule has 1 aromatic heterocycles. The second kappa shape index (κ2) is 9.75. The number of nitrogens with one attached hydrogen (secondary N) is 2. The quantitative estimate of drug-likeness (QED) is 0.648. The molecule has 30 heavy (non-hydrogen) atoms. The summed E-state index contributed by atoms with van der Waals surface area (Å²) in [4.78, 5) is 16.8. The zero-order chi connectivity index (χ0) is 20.9. The highest BCUT2D eigenvalue weighted by Crippen LogP contribution is 2.22. The van der Waals surface area contributed by atoms with E-state index in [0.717, 1.165) is 12.8 Å². The van der Waals surface area contributed by atoms with Crippen LogP contribution in [0, 0.1) is 0 Å². The van der Waals surface area contributed by atoms with Gasteiger partial charge in [0.05, 0.1) is 36.1 Å². The topological polar surface area (TPSA) is 92.7 Å². The fraction of sp³-hybridized carbons (Fsp3) is 0.455. The fourth-order valence-corrected chi connectivity index (χ4v) is 4.00. The van der Waals surface area contributed by atoms with Gasteiger partial charge in [0.25, 0.3) is 5.91 Å². The van der Waals surface area contributed by atoms with Crippen LogP contribution in [0.15, 0.2) is 36.5 Å². The first-order chi connectivity index (χ1) is 14.6. The van der Waals surface area contributed by atoms with E-state index in [4.69, 9.17) is 21.1 Å². The van der Waals surface area contributed by atoms with Crippen LogP contribution in [0.3, 0.4) is 0 Å². The molecule has 8 heteroatoms. The maximum Gasteiger partial charge on any atom is 0.253 e. The van der Waals surface area contributed by atoms with E-state index in [2.05, 4.69) is 27.8 Å². The van der Waals surface area contributed by atoms with E-state index in [0.29, 0.717) is 32.1 Å². The van der Waals surface area contributed by atoms with Gasteiger partial charge in [-0.2, -0.15) is 0 Å². The Kier molecular flexibility index (Phi) is 6.84. The number of rotatable bonds is 6. The molecule has 0 radical (unpaired) electrons. The van der Waals surface area contributed by atoms with Gasteiger partial charge in [-0.05, 0) is 17.5 Å². The molecule has 3 N–H and O–H groups in total. The summed E-state index contributed by atoms with van der Waals surface area (Å²) in [5.41, 5.74) is 2.74. The van der Waals surface area contributed by atoms with Crippen molar-refractivity contribution in [3.63, 3.8) is 0 Å². The SMILES string of the molecule is O=C(NCC(O)[C@@H]1Cc2ccccc2CN1)c1cc(OC2CCOCC2)ncc1Cl. The number of halogens is 1. The van der Waals surface area contributed by atoms with Crippen molar-refractivity contribution in [2.24, 2.45) is 0 Å². The van der Waals surface area contributed by atoms with Crippen molar-refractivity contribution in [2.45, 2.75) is 44.1 Å². The summed E-state index contributed by atoms with van der Waals surface area (Å²) >= 11 is 6.18. The van der Waals surface area contributed by atoms with Crippen molar-refractivity contribution in [2.75, 3.05) is 19.8 Å². The third-order valence-electron chi connectivity index (χ3n) is 5.58. The number of carbonyl (C=O) groups excluding carboxylic acids is 1. The number of carbonyl (C=O) groups is 1. The first-order valence-corrected chi connectivity index (χ1v) is 10.6. The van der Waals surface area contributed by atoms with Crippen LogP contribution in [0.4, 0.5) is 0 Å². The number of nitrogens with zero attached hydrogens (tertiary/aromatic N) is 1. The van der Waals surface area contributed by atoms with Crippen LogP contribution < -0.4 is 15.4 Å². The van der Waals surface area contributed by atoms with Crippen molar-refractivity contribution in [1.29, 1.82) is 0 Å². The van der Waals surface area contributed by atoms with E-state index in [9.17, 15) is 9.90 Å². The smallest absolute Gasteiger partial charge is 0.253 e. The third-order valence-corrected chi connectivity index (χ3v) is 5.88. The Hall–Kier alpha value is -2.19. The number of aliphatic hydroxyl groups is 1. The Morgan fingerprint density at radius 3 is 2.90 bits per heavy atom. The van der Waals surface area contributed by atoms with Crippen molar-refractivity contribution >= 4 is 17.5 Å². The number of fused-ring (bicyclic) bond motifs is 1. The molecule has 2 atom stereocenters. The van der Waals surface area contributed by atoms with Gasteiger partial charge in [-0.25, -0.2) is 4.98 Å². The van der Waals surface area contributed by atoms with Gasteiger partial charge < -0.3 is 25.2 Å². The van der Waals surface area contributed by atoms with Gasteiger partial charge in [0.15, 0.2) is 0 Å². The number of ether oxygens (including phenoxy) is 2. The van der Waals surface area contributed by atoms with Crippen molar-refractivity contribution in [3.8, 4) is 5.88 Å². The van der Waals surface area contributed by atoms with Gasteiger partial charge in [0.2, 0.25) is 5.88 Å². The molecule has 0 saturated carbocycles. The average molecular weight is 432 g/mol. The largest absolute Gasteiger partial charge is 0.474 e. The Morgan fingerprint density at radius 1 is 1.33 bits per heavy atom. The first-order valence-electron chi connectivity index (χ1n) is 10.3. The molecule has 0 spiro atoms. The fourth-order valence-electron chi connectivity index (χ4n) is 3.81. The molecule has 1 fully saturated rings. The molecular weight excluding hydrogens is 406 g/mol. The highest BCUT2D eigenvalue weighted by Gasteiger charge is 2.25. The van der Waals surface area contributed by atoms with E-state index < -0.39 is 6.10 Å². The van der Waals surface area contributed by atoms with Crippen LogP contribution in [-0.2, 0) is 17.7 Å². The molecule has 0 aliphatic carbocycles. The van der Waals surface area contributed by atoms with E-state index in [1.54, 1.807) is 6.07 Å². The number of hydrogen-bond donors (Lipinski definition) is 3. The lowest BCUT2D eigenvalue weighted by Gasteiger charge is -2.30. The maximum absolute atomic E-state index is 12.7.